The number of rotatable bonds is 3. The quantitative estimate of drug-likeness (QED) is 0.901. The maximum atomic E-state index is 11.2. The van der Waals surface area contributed by atoms with Gasteiger partial charge in [0.2, 0.25) is 0 Å². The van der Waals surface area contributed by atoms with Crippen molar-refractivity contribution in [1.29, 1.82) is 0 Å². The number of hydrogen-bond acceptors (Lipinski definition) is 4. The van der Waals surface area contributed by atoms with E-state index in [1.807, 2.05) is 40.7 Å². The smallest absolute Gasteiger partial charge is 0.354 e. The number of carbonyl (C=O) groups is 1. The van der Waals surface area contributed by atoms with Crippen LogP contribution in [0, 0.1) is 0 Å². The number of aromatic nitrogens is 3. The molecule has 0 amide bonds. The van der Waals surface area contributed by atoms with Crippen molar-refractivity contribution in [2.45, 2.75) is 46.1 Å². The van der Waals surface area contributed by atoms with E-state index < -0.39 is 5.97 Å². The first kappa shape index (κ1) is 14.3. The van der Waals surface area contributed by atoms with Crippen LogP contribution in [-0.4, -0.2) is 31.2 Å². The van der Waals surface area contributed by atoms with Gasteiger partial charge in [-0.1, -0.05) is 13.8 Å². The summed E-state index contributed by atoms with van der Waals surface area (Å²) in [5.74, 6) is -0.156. The van der Waals surface area contributed by atoms with E-state index in [-0.39, 0.29) is 17.2 Å². The predicted octanol–water partition coefficient (Wildman–Crippen LogP) is 2.76. The molecular weight excluding hydrogens is 256 g/mol. The minimum absolute atomic E-state index is 0.0134. The van der Waals surface area contributed by atoms with Crippen molar-refractivity contribution in [3.8, 4) is 0 Å². The Morgan fingerprint density at radius 1 is 1.35 bits per heavy atom. The lowest BCUT2D eigenvalue weighted by molar-refractivity contribution is 0.0690. The zero-order valence-corrected chi connectivity index (χ0v) is 12.4. The molecule has 0 atom stereocenters. The molecule has 0 aliphatic heterocycles. The molecule has 0 radical (unpaired) electrons. The van der Waals surface area contributed by atoms with Crippen molar-refractivity contribution in [1.82, 2.24) is 14.6 Å². The van der Waals surface area contributed by atoms with Gasteiger partial charge in [0, 0.05) is 17.7 Å². The highest BCUT2D eigenvalue weighted by Gasteiger charge is 2.18. The Balaban J connectivity index is 2.65. The van der Waals surface area contributed by atoms with Gasteiger partial charge >= 0.3 is 5.97 Å². The number of aromatic carboxylic acids is 1. The lowest BCUT2D eigenvalue weighted by atomic mass is 10.1. The van der Waals surface area contributed by atoms with Crippen molar-refractivity contribution in [3.05, 3.63) is 23.5 Å². The Labute approximate surface area is 117 Å². The lowest BCUT2D eigenvalue weighted by Gasteiger charge is -2.22. The molecule has 20 heavy (non-hydrogen) atoms. The number of carboxylic acids is 1. The average Bonchev–Trinajstić information content (AvgIpc) is 2.70. The summed E-state index contributed by atoms with van der Waals surface area (Å²) in [6.07, 6.45) is 0. The summed E-state index contributed by atoms with van der Waals surface area (Å²) in [7, 11) is 0. The molecule has 0 saturated heterocycles. The minimum Gasteiger partial charge on any atom is -0.477 e. The van der Waals surface area contributed by atoms with Crippen LogP contribution in [0.1, 0.15) is 56.7 Å². The van der Waals surface area contributed by atoms with Gasteiger partial charge < -0.3 is 10.4 Å². The fourth-order valence-electron chi connectivity index (χ4n) is 1.86. The van der Waals surface area contributed by atoms with Gasteiger partial charge in [0.25, 0.3) is 0 Å². The van der Waals surface area contributed by atoms with Gasteiger partial charge in [-0.15, -0.1) is 0 Å². The van der Waals surface area contributed by atoms with E-state index in [0.717, 1.165) is 5.69 Å². The average molecular weight is 276 g/mol. The monoisotopic (exact) mass is 276 g/mol. The van der Waals surface area contributed by atoms with Crippen LogP contribution in [0.15, 0.2) is 12.1 Å². The SMILES string of the molecule is CC(C)c1cc2nc(C(=O)O)cc(NC(C)(C)C)n2n1. The summed E-state index contributed by atoms with van der Waals surface area (Å²) in [6.45, 7) is 10.1. The lowest BCUT2D eigenvalue weighted by Crippen LogP contribution is -2.28. The van der Waals surface area contributed by atoms with E-state index >= 15 is 0 Å². The molecular formula is C14H20N4O2. The van der Waals surface area contributed by atoms with Gasteiger partial charge in [-0.25, -0.2) is 9.78 Å². The summed E-state index contributed by atoms with van der Waals surface area (Å²) in [4.78, 5) is 15.3. The van der Waals surface area contributed by atoms with E-state index in [4.69, 9.17) is 5.11 Å². The van der Waals surface area contributed by atoms with Crippen LogP contribution in [0.25, 0.3) is 5.65 Å². The fourth-order valence-corrected chi connectivity index (χ4v) is 1.86. The molecule has 0 saturated carbocycles. The number of nitrogens with one attached hydrogen (secondary N) is 1. The van der Waals surface area contributed by atoms with Crippen LogP contribution in [0.5, 0.6) is 0 Å². The second kappa shape index (κ2) is 4.77. The highest BCUT2D eigenvalue weighted by molar-refractivity contribution is 5.87. The number of fused-ring (bicyclic) bond motifs is 1. The third kappa shape index (κ3) is 2.89. The summed E-state index contributed by atoms with van der Waals surface area (Å²) in [5.41, 5.74) is 1.24. The molecule has 6 heteroatoms. The van der Waals surface area contributed by atoms with E-state index in [0.29, 0.717) is 11.5 Å². The first-order valence-corrected chi connectivity index (χ1v) is 6.59. The molecule has 108 valence electrons. The highest BCUT2D eigenvalue weighted by Crippen LogP contribution is 2.21. The van der Waals surface area contributed by atoms with E-state index in [2.05, 4.69) is 15.4 Å². The molecule has 0 aromatic carbocycles. The number of anilines is 1. The number of nitrogens with zero attached hydrogens (tertiary/aromatic N) is 3. The van der Waals surface area contributed by atoms with Crippen LogP contribution in [0.3, 0.4) is 0 Å². The van der Waals surface area contributed by atoms with Gasteiger partial charge in [0.05, 0.1) is 5.69 Å². The van der Waals surface area contributed by atoms with Gasteiger partial charge in [0.15, 0.2) is 11.3 Å². The van der Waals surface area contributed by atoms with Crippen LogP contribution < -0.4 is 5.32 Å². The second-order valence-corrected chi connectivity index (χ2v) is 6.20. The largest absolute Gasteiger partial charge is 0.477 e. The number of carboxylic acid groups (broad SMARTS) is 1. The molecule has 0 unspecified atom stereocenters. The van der Waals surface area contributed by atoms with Crippen molar-refractivity contribution in [3.63, 3.8) is 0 Å². The molecule has 2 aromatic heterocycles. The van der Waals surface area contributed by atoms with Gasteiger partial charge in [0.1, 0.15) is 5.82 Å². The summed E-state index contributed by atoms with van der Waals surface area (Å²) in [6, 6.07) is 3.34. The maximum absolute atomic E-state index is 11.2. The van der Waals surface area contributed by atoms with Gasteiger partial charge in [-0.05, 0) is 26.7 Å². The standard InChI is InChI=1S/C14H20N4O2/c1-8(2)9-6-11-15-10(13(19)20)7-12(18(11)17-9)16-14(3,4)5/h6-8,16H,1-5H3,(H,19,20). The zero-order valence-electron chi connectivity index (χ0n) is 12.4. The minimum atomic E-state index is -1.04. The Morgan fingerprint density at radius 3 is 2.50 bits per heavy atom. The van der Waals surface area contributed by atoms with Crippen molar-refractivity contribution >= 4 is 17.4 Å². The molecule has 0 fully saturated rings. The van der Waals surface area contributed by atoms with Crippen LogP contribution in [-0.2, 0) is 0 Å². The van der Waals surface area contributed by atoms with Crippen LogP contribution in [0.2, 0.25) is 0 Å². The first-order valence-electron chi connectivity index (χ1n) is 6.59. The molecule has 2 heterocycles. The third-order valence-electron chi connectivity index (χ3n) is 2.76. The topological polar surface area (TPSA) is 79.5 Å². The predicted molar refractivity (Wildman–Crippen MR) is 77.4 cm³/mol. The Kier molecular flexibility index (Phi) is 3.41. The normalized spacial score (nSPS) is 12.1. The van der Waals surface area contributed by atoms with Crippen molar-refractivity contribution < 1.29 is 9.90 Å². The molecule has 0 aliphatic carbocycles. The summed E-state index contributed by atoms with van der Waals surface area (Å²) >= 11 is 0. The Hall–Kier alpha value is -2.11. The van der Waals surface area contributed by atoms with Crippen LogP contribution in [0.4, 0.5) is 5.82 Å². The van der Waals surface area contributed by atoms with Gasteiger partial charge in [-0.2, -0.15) is 9.61 Å². The Bertz CT molecular complexity index is 653. The highest BCUT2D eigenvalue weighted by atomic mass is 16.4. The molecule has 0 aliphatic rings. The van der Waals surface area contributed by atoms with E-state index in [1.165, 1.54) is 6.07 Å². The fraction of sp³-hybridized carbons (Fsp3) is 0.500. The van der Waals surface area contributed by atoms with Crippen LogP contribution >= 0.6 is 0 Å². The van der Waals surface area contributed by atoms with Crippen molar-refractivity contribution in [2.24, 2.45) is 0 Å². The molecule has 2 aromatic rings. The van der Waals surface area contributed by atoms with E-state index in [9.17, 15) is 4.79 Å². The molecule has 6 nitrogen and oxygen atoms in total. The molecule has 0 spiro atoms. The number of hydrogen-bond donors (Lipinski definition) is 2. The maximum Gasteiger partial charge on any atom is 0.354 e. The Morgan fingerprint density at radius 2 is 2.00 bits per heavy atom. The zero-order chi connectivity index (χ0) is 15.1. The summed E-state index contributed by atoms with van der Waals surface area (Å²) < 4.78 is 1.66. The molecule has 0 bridgehead atoms. The van der Waals surface area contributed by atoms with Crippen molar-refractivity contribution in [2.75, 3.05) is 5.32 Å². The molecule has 2 rings (SSSR count). The second-order valence-electron chi connectivity index (χ2n) is 6.20. The van der Waals surface area contributed by atoms with Gasteiger partial charge in [-0.3, -0.25) is 0 Å². The molecule has 2 N–H and O–H groups in total. The third-order valence-corrected chi connectivity index (χ3v) is 2.76. The van der Waals surface area contributed by atoms with E-state index in [1.54, 1.807) is 4.52 Å². The first-order chi connectivity index (χ1) is 9.17. The summed E-state index contributed by atoms with van der Waals surface area (Å²) in [5, 5.41) is 16.9.